The summed E-state index contributed by atoms with van der Waals surface area (Å²) in [5.41, 5.74) is 2.24. The molecule has 2 aromatic rings. The molecule has 0 unspecified atom stereocenters. The Kier molecular flexibility index (Phi) is 5.53. The number of hydrogen-bond acceptors (Lipinski definition) is 2. The number of nitrogens with one attached hydrogen (secondary N) is 2. The summed E-state index contributed by atoms with van der Waals surface area (Å²) in [6.07, 6.45) is 3.74. The summed E-state index contributed by atoms with van der Waals surface area (Å²) >= 11 is 0. The van der Waals surface area contributed by atoms with Crippen LogP contribution in [0.15, 0.2) is 24.5 Å². The molecular formula is C9H13Cl2N3. The summed E-state index contributed by atoms with van der Waals surface area (Å²) in [6, 6.07) is 4.08. The predicted molar refractivity (Wildman–Crippen MR) is 63.4 cm³/mol. The van der Waals surface area contributed by atoms with E-state index in [0.717, 1.165) is 12.2 Å². The molecular weight excluding hydrogens is 221 g/mol. The summed E-state index contributed by atoms with van der Waals surface area (Å²) in [4.78, 5) is 7.28. The van der Waals surface area contributed by atoms with Gasteiger partial charge in [-0.15, -0.1) is 24.8 Å². The quantitative estimate of drug-likeness (QED) is 0.835. The number of aromatic nitrogens is 2. The van der Waals surface area contributed by atoms with E-state index in [-0.39, 0.29) is 24.8 Å². The zero-order chi connectivity index (χ0) is 8.39. The number of hydrogen-bond donors (Lipinski definition) is 2. The third-order valence-corrected chi connectivity index (χ3v) is 1.92. The van der Waals surface area contributed by atoms with E-state index in [1.54, 1.807) is 0 Å². The van der Waals surface area contributed by atoms with Gasteiger partial charge in [0.25, 0.3) is 0 Å². The van der Waals surface area contributed by atoms with Gasteiger partial charge in [0.2, 0.25) is 0 Å². The van der Waals surface area contributed by atoms with Gasteiger partial charge in [0.05, 0.1) is 0 Å². The van der Waals surface area contributed by atoms with Gasteiger partial charge in [-0.1, -0.05) is 0 Å². The molecule has 0 atom stereocenters. The Balaban J connectivity index is 0.000000845. The minimum Gasteiger partial charge on any atom is -0.346 e. The summed E-state index contributed by atoms with van der Waals surface area (Å²) in [7, 11) is 1.94. The highest BCUT2D eigenvalue weighted by Crippen LogP contribution is 2.14. The van der Waals surface area contributed by atoms with Crippen molar-refractivity contribution < 1.29 is 0 Å². The zero-order valence-corrected chi connectivity index (χ0v) is 9.41. The van der Waals surface area contributed by atoms with Crippen molar-refractivity contribution in [1.29, 1.82) is 0 Å². The summed E-state index contributed by atoms with van der Waals surface area (Å²) in [5, 5.41) is 4.33. The van der Waals surface area contributed by atoms with E-state index in [1.807, 2.05) is 25.5 Å². The third-order valence-electron chi connectivity index (χ3n) is 1.92. The maximum absolute atomic E-state index is 4.20. The molecule has 2 aromatic heterocycles. The molecule has 0 amide bonds. The van der Waals surface area contributed by atoms with Crippen molar-refractivity contribution in [3.63, 3.8) is 0 Å². The van der Waals surface area contributed by atoms with Crippen LogP contribution in [-0.4, -0.2) is 17.0 Å². The molecule has 0 aromatic carbocycles. The van der Waals surface area contributed by atoms with Crippen molar-refractivity contribution in [2.45, 2.75) is 6.54 Å². The maximum Gasteiger partial charge on any atom is 0.137 e. The summed E-state index contributed by atoms with van der Waals surface area (Å²) in [6.45, 7) is 0.886. The highest BCUT2D eigenvalue weighted by molar-refractivity contribution is 5.85. The van der Waals surface area contributed by atoms with E-state index >= 15 is 0 Å². The minimum atomic E-state index is 0. The Bertz CT molecular complexity index is 386. The van der Waals surface area contributed by atoms with Gasteiger partial charge in [-0.25, -0.2) is 4.98 Å². The van der Waals surface area contributed by atoms with Crippen LogP contribution in [0.1, 0.15) is 5.56 Å². The molecule has 0 saturated carbocycles. The van der Waals surface area contributed by atoms with Crippen LogP contribution in [0, 0.1) is 0 Å². The monoisotopic (exact) mass is 233 g/mol. The molecule has 14 heavy (non-hydrogen) atoms. The molecule has 2 N–H and O–H groups in total. The molecule has 0 saturated heterocycles. The number of rotatable bonds is 2. The second-order valence-electron chi connectivity index (χ2n) is 2.74. The second kappa shape index (κ2) is 5.86. The largest absolute Gasteiger partial charge is 0.346 e. The molecule has 78 valence electrons. The van der Waals surface area contributed by atoms with Gasteiger partial charge >= 0.3 is 0 Å². The van der Waals surface area contributed by atoms with Gasteiger partial charge in [0, 0.05) is 24.3 Å². The minimum absolute atomic E-state index is 0. The lowest BCUT2D eigenvalue weighted by Gasteiger charge is -2.00. The first kappa shape index (κ1) is 13.2. The van der Waals surface area contributed by atoms with E-state index in [4.69, 9.17) is 0 Å². The standard InChI is InChI=1S/C9H11N3.2ClH/c1-10-6-7-2-4-11-9-8(7)3-5-12-9;;/h2-5,10H,6H2,1H3,(H,11,12);2*1H. The van der Waals surface area contributed by atoms with Gasteiger partial charge in [-0.3, -0.25) is 0 Å². The fourth-order valence-corrected chi connectivity index (χ4v) is 1.36. The average Bonchev–Trinajstić information content (AvgIpc) is 2.53. The smallest absolute Gasteiger partial charge is 0.137 e. The molecule has 0 aliphatic rings. The highest BCUT2D eigenvalue weighted by Gasteiger charge is 1.99. The predicted octanol–water partition coefficient (Wildman–Crippen LogP) is 2.13. The molecule has 0 spiro atoms. The van der Waals surface area contributed by atoms with Crippen LogP contribution in [0.2, 0.25) is 0 Å². The lowest BCUT2D eigenvalue weighted by Crippen LogP contribution is -2.05. The van der Waals surface area contributed by atoms with Crippen LogP contribution in [0.3, 0.4) is 0 Å². The number of pyridine rings is 1. The number of aromatic amines is 1. The highest BCUT2D eigenvalue weighted by atomic mass is 35.5. The van der Waals surface area contributed by atoms with Crippen LogP contribution >= 0.6 is 24.8 Å². The molecule has 3 nitrogen and oxygen atoms in total. The Morgan fingerprint density at radius 2 is 2.14 bits per heavy atom. The lowest BCUT2D eigenvalue weighted by molar-refractivity contribution is 0.823. The van der Waals surface area contributed by atoms with Crippen molar-refractivity contribution in [1.82, 2.24) is 15.3 Å². The molecule has 2 rings (SSSR count). The molecule has 2 heterocycles. The van der Waals surface area contributed by atoms with Crippen molar-refractivity contribution in [3.05, 3.63) is 30.1 Å². The van der Waals surface area contributed by atoms with Gasteiger partial charge in [-0.2, -0.15) is 0 Å². The molecule has 0 fully saturated rings. The van der Waals surface area contributed by atoms with Gasteiger partial charge in [0.15, 0.2) is 0 Å². The molecule has 0 aliphatic heterocycles. The Labute approximate surface area is 95.1 Å². The average molecular weight is 234 g/mol. The topological polar surface area (TPSA) is 40.7 Å². The zero-order valence-electron chi connectivity index (χ0n) is 7.78. The number of halogens is 2. The van der Waals surface area contributed by atoms with E-state index < -0.39 is 0 Å². The molecule has 0 radical (unpaired) electrons. The number of fused-ring (bicyclic) bond motifs is 1. The summed E-state index contributed by atoms with van der Waals surface area (Å²) in [5.74, 6) is 0. The van der Waals surface area contributed by atoms with E-state index in [9.17, 15) is 0 Å². The van der Waals surface area contributed by atoms with Crippen molar-refractivity contribution in [2.24, 2.45) is 0 Å². The Hall–Kier alpha value is -0.770. The van der Waals surface area contributed by atoms with Crippen LogP contribution in [0.5, 0.6) is 0 Å². The first-order valence-electron chi connectivity index (χ1n) is 3.97. The Morgan fingerprint density at radius 3 is 2.86 bits per heavy atom. The third kappa shape index (κ3) is 2.38. The molecule has 0 bridgehead atoms. The lowest BCUT2D eigenvalue weighted by atomic mass is 10.2. The van der Waals surface area contributed by atoms with Crippen molar-refractivity contribution >= 4 is 35.8 Å². The van der Waals surface area contributed by atoms with Crippen LogP contribution in [0.4, 0.5) is 0 Å². The number of nitrogens with zero attached hydrogens (tertiary/aromatic N) is 1. The maximum atomic E-state index is 4.20. The van der Waals surface area contributed by atoms with Crippen LogP contribution in [-0.2, 0) is 6.54 Å². The van der Waals surface area contributed by atoms with Gasteiger partial charge in [-0.05, 0) is 24.7 Å². The van der Waals surface area contributed by atoms with Crippen molar-refractivity contribution in [2.75, 3.05) is 7.05 Å². The first-order chi connectivity index (χ1) is 5.92. The van der Waals surface area contributed by atoms with Crippen molar-refractivity contribution in [3.8, 4) is 0 Å². The normalized spacial score (nSPS) is 9.21. The first-order valence-corrected chi connectivity index (χ1v) is 3.97. The van der Waals surface area contributed by atoms with Crippen LogP contribution in [0.25, 0.3) is 11.0 Å². The fourth-order valence-electron chi connectivity index (χ4n) is 1.36. The molecule has 5 heteroatoms. The van der Waals surface area contributed by atoms with E-state index in [0.29, 0.717) is 0 Å². The Morgan fingerprint density at radius 1 is 1.36 bits per heavy atom. The van der Waals surface area contributed by atoms with Crippen LogP contribution < -0.4 is 5.32 Å². The van der Waals surface area contributed by atoms with E-state index in [1.165, 1.54) is 10.9 Å². The van der Waals surface area contributed by atoms with Gasteiger partial charge in [0.1, 0.15) is 5.65 Å². The molecule has 0 aliphatic carbocycles. The summed E-state index contributed by atoms with van der Waals surface area (Å²) < 4.78 is 0. The number of H-pyrrole nitrogens is 1. The fraction of sp³-hybridized carbons (Fsp3) is 0.222. The van der Waals surface area contributed by atoms with Gasteiger partial charge < -0.3 is 10.3 Å². The second-order valence-corrected chi connectivity index (χ2v) is 2.74. The SMILES string of the molecule is CNCc1ccnc2[nH]ccc12.Cl.Cl. The van der Waals surface area contributed by atoms with E-state index in [2.05, 4.69) is 21.4 Å².